The molecule has 0 bridgehead atoms. The summed E-state index contributed by atoms with van der Waals surface area (Å²) in [6.07, 6.45) is 0.624. The van der Waals surface area contributed by atoms with Gasteiger partial charge in [-0.25, -0.2) is 9.59 Å². The molecule has 8 nitrogen and oxygen atoms in total. The number of carbonyl (C=O) groups excluding carboxylic acids is 2. The maximum Gasteiger partial charge on any atom is 0.326 e. The fourth-order valence-corrected chi connectivity index (χ4v) is 2.06. The average Bonchev–Trinajstić information content (AvgIpc) is 2.63. The third-order valence-corrected chi connectivity index (χ3v) is 3.24. The number of aliphatic carboxylic acids is 1. The molecule has 20 heavy (non-hydrogen) atoms. The number of rotatable bonds is 4. The topological polar surface area (TPSA) is 110 Å². The van der Waals surface area contributed by atoms with E-state index in [2.05, 4.69) is 5.32 Å². The van der Waals surface area contributed by atoms with Crippen molar-refractivity contribution in [3.05, 3.63) is 0 Å². The van der Waals surface area contributed by atoms with Crippen LogP contribution in [0.5, 0.6) is 0 Å². The van der Waals surface area contributed by atoms with Gasteiger partial charge < -0.3 is 25.3 Å². The number of hydrogen-bond acceptors (Lipinski definition) is 4. The zero-order valence-corrected chi connectivity index (χ0v) is 11.5. The molecule has 0 spiro atoms. The molecule has 1 aliphatic heterocycles. The van der Waals surface area contributed by atoms with E-state index in [4.69, 9.17) is 10.2 Å². The fraction of sp³-hybridized carbons (Fsp3) is 0.750. The number of amides is 3. The molecule has 0 aromatic rings. The van der Waals surface area contributed by atoms with Crippen molar-refractivity contribution in [3.63, 3.8) is 0 Å². The van der Waals surface area contributed by atoms with Gasteiger partial charge in [0.05, 0.1) is 0 Å². The van der Waals surface area contributed by atoms with Gasteiger partial charge in [-0.1, -0.05) is 0 Å². The molecule has 1 aliphatic rings. The van der Waals surface area contributed by atoms with Gasteiger partial charge in [0.1, 0.15) is 6.04 Å². The first kappa shape index (κ1) is 16.2. The number of carbonyl (C=O) groups is 3. The highest BCUT2D eigenvalue weighted by Gasteiger charge is 2.24. The van der Waals surface area contributed by atoms with Crippen LogP contribution >= 0.6 is 0 Å². The Morgan fingerprint density at radius 3 is 2.30 bits per heavy atom. The molecule has 3 amide bonds. The van der Waals surface area contributed by atoms with Gasteiger partial charge in [-0.2, -0.15) is 0 Å². The van der Waals surface area contributed by atoms with Crippen molar-refractivity contribution in [2.24, 2.45) is 0 Å². The maximum atomic E-state index is 12.0. The molecule has 8 heteroatoms. The first-order valence-electron chi connectivity index (χ1n) is 6.60. The lowest BCUT2D eigenvalue weighted by molar-refractivity contribution is -0.139. The van der Waals surface area contributed by atoms with E-state index in [0.717, 1.165) is 0 Å². The van der Waals surface area contributed by atoms with Crippen LogP contribution in [0.15, 0.2) is 0 Å². The number of nitrogens with one attached hydrogen (secondary N) is 1. The van der Waals surface area contributed by atoms with Crippen LogP contribution in [0, 0.1) is 0 Å². The van der Waals surface area contributed by atoms with Crippen LogP contribution in [-0.4, -0.2) is 76.7 Å². The summed E-state index contributed by atoms with van der Waals surface area (Å²) in [7, 11) is 0. The summed E-state index contributed by atoms with van der Waals surface area (Å²) in [5, 5.41) is 20.1. The Labute approximate surface area is 117 Å². The minimum Gasteiger partial charge on any atom is -0.480 e. The van der Waals surface area contributed by atoms with Gasteiger partial charge in [-0.15, -0.1) is 0 Å². The molecule has 1 rings (SSSR count). The van der Waals surface area contributed by atoms with Gasteiger partial charge >= 0.3 is 12.0 Å². The van der Waals surface area contributed by atoms with Crippen molar-refractivity contribution in [1.29, 1.82) is 0 Å². The van der Waals surface area contributed by atoms with E-state index >= 15 is 0 Å². The van der Waals surface area contributed by atoms with Crippen molar-refractivity contribution < 1.29 is 24.6 Å². The second-order valence-corrected chi connectivity index (χ2v) is 4.70. The summed E-state index contributed by atoms with van der Waals surface area (Å²) < 4.78 is 0. The quantitative estimate of drug-likeness (QED) is 0.620. The summed E-state index contributed by atoms with van der Waals surface area (Å²) in [5.74, 6) is -1.21. The van der Waals surface area contributed by atoms with E-state index in [0.29, 0.717) is 32.6 Å². The van der Waals surface area contributed by atoms with Crippen molar-refractivity contribution in [2.45, 2.75) is 25.8 Å². The molecule has 0 radical (unpaired) electrons. The number of carboxylic acids is 1. The highest BCUT2D eigenvalue weighted by molar-refractivity contribution is 5.82. The van der Waals surface area contributed by atoms with Crippen LogP contribution < -0.4 is 5.32 Å². The van der Waals surface area contributed by atoms with Crippen LogP contribution in [0.1, 0.15) is 19.8 Å². The Kier molecular flexibility index (Phi) is 6.23. The predicted octanol–water partition coefficient (Wildman–Crippen LogP) is -0.914. The van der Waals surface area contributed by atoms with Crippen LogP contribution in [0.4, 0.5) is 4.79 Å². The molecule has 3 N–H and O–H groups in total. The molecular formula is C12H21N3O5. The first-order valence-corrected chi connectivity index (χ1v) is 6.60. The van der Waals surface area contributed by atoms with E-state index in [1.54, 1.807) is 4.90 Å². The molecule has 0 unspecified atom stereocenters. The molecule has 0 aromatic heterocycles. The zero-order chi connectivity index (χ0) is 15.1. The SMILES string of the molecule is CC(=O)N1CCCN(C(=O)N[C@@H](CCO)C(=O)O)CC1. The van der Waals surface area contributed by atoms with E-state index in [9.17, 15) is 14.4 Å². The van der Waals surface area contributed by atoms with Crippen LogP contribution in [0.2, 0.25) is 0 Å². The molecule has 0 aromatic carbocycles. The highest BCUT2D eigenvalue weighted by Crippen LogP contribution is 2.04. The maximum absolute atomic E-state index is 12.0. The van der Waals surface area contributed by atoms with Gasteiger partial charge in [0.15, 0.2) is 0 Å². The zero-order valence-electron chi connectivity index (χ0n) is 11.5. The van der Waals surface area contributed by atoms with Crippen molar-refractivity contribution >= 4 is 17.9 Å². The molecule has 114 valence electrons. The van der Waals surface area contributed by atoms with Crippen molar-refractivity contribution in [1.82, 2.24) is 15.1 Å². The highest BCUT2D eigenvalue weighted by atomic mass is 16.4. The number of aliphatic hydroxyl groups is 1. The second kappa shape index (κ2) is 7.68. The summed E-state index contributed by atoms with van der Waals surface area (Å²) in [5.41, 5.74) is 0. The Hall–Kier alpha value is -1.83. The molecule has 1 fully saturated rings. The fourth-order valence-electron chi connectivity index (χ4n) is 2.06. The lowest BCUT2D eigenvalue weighted by Crippen LogP contribution is -2.49. The summed E-state index contributed by atoms with van der Waals surface area (Å²) >= 11 is 0. The molecule has 1 heterocycles. The summed E-state index contributed by atoms with van der Waals surface area (Å²) in [6, 6.07) is -1.57. The monoisotopic (exact) mass is 287 g/mol. The smallest absolute Gasteiger partial charge is 0.326 e. The third kappa shape index (κ3) is 4.69. The summed E-state index contributed by atoms with van der Waals surface area (Å²) in [6.45, 7) is 3.06. The molecular weight excluding hydrogens is 266 g/mol. The van der Waals surface area contributed by atoms with Crippen LogP contribution in [-0.2, 0) is 9.59 Å². The van der Waals surface area contributed by atoms with Gasteiger partial charge in [0.2, 0.25) is 5.91 Å². The Morgan fingerprint density at radius 1 is 1.15 bits per heavy atom. The van der Waals surface area contributed by atoms with E-state index in [-0.39, 0.29) is 18.9 Å². The Bertz CT molecular complexity index is 374. The van der Waals surface area contributed by atoms with Crippen molar-refractivity contribution in [2.75, 3.05) is 32.8 Å². The molecule has 1 atom stereocenters. The van der Waals surface area contributed by atoms with Gasteiger partial charge in [-0.05, 0) is 6.42 Å². The molecule has 0 aliphatic carbocycles. The largest absolute Gasteiger partial charge is 0.480 e. The van der Waals surface area contributed by atoms with E-state index in [1.165, 1.54) is 11.8 Å². The number of urea groups is 1. The molecule has 1 saturated heterocycles. The minimum absolute atomic E-state index is 0.0315. The van der Waals surface area contributed by atoms with E-state index < -0.39 is 18.0 Å². The van der Waals surface area contributed by atoms with Gasteiger partial charge in [-0.3, -0.25) is 4.79 Å². The average molecular weight is 287 g/mol. The normalized spacial score (nSPS) is 17.3. The lowest BCUT2D eigenvalue weighted by atomic mass is 10.2. The predicted molar refractivity (Wildman–Crippen MR) is 70.1 cm³/mol. The van der Waals surface area contributed by atoms with Gasteiger partial charge in [0.25, 0.3) is 0 Å². The number of nitrogens with zero attached hydrogens (tertiary/aromatic N) is 2. The Morgan fingerprint density at radius 2 is 1.75 bits per heavy atom. The first-order chi connectivity index (χ1) is 9.45. The lowest BCUT2D eigenvalue weighted by Gasteiger charge is -2.23. The number of hydrogen-bond donors (Lipinski definition) is 3. The number of aliphatic hydroxyl groups excluding tert-OH is 1. The molecule has 0 saturated carbocycles. The Balaban J connectivity index is 2.54. The van der Waals surface area contributed by atoms with Crippen LogP contribution in [0.25, 0.3) is 0 Å². The summed E-state index contributed by atoms with van der Waals surface area (Å²) in [4.78, 5) is 37.3. The third-order valence-electron chi connectivity index (χ3n) is 3.24. The minimum atomic E-state index is -1.17. The van der Waals surface area contributed by atoms with Crippen molar-refractivity contribution in [3.8, 4) is 0 Å². The second-order valence-electron chi connectivity index (χ2n) is 4.70. The number of carboxylic acid groups (broad SMARTS) is 1. The van der Waals surface area contributed by atoms with Crippen LogP contribution in [0.3, 0.4) is 0 Å². The van der Waals surface area contributed by atoms with E-state index in [1.807, 2.05) is 0 Å². The standard InChI is InChI=1S/C12H21N3O5/c1-9(17)14-4-2-5-15(7-6-14)12(20)13-10(3-8-16)11(18)19/h10,16H,2-8H2,1H3,(H,13,20)(H,18,19)/t10-/m0/s1. The van der Waals surface area contributed by atoms with Gasteiger partial charge in [0, 0.05) is 46.1 Å².